The SMILES string of the molecule is Cc1cc(N2CCSC(C)C2C)c(CNC(C)C)cn1. The molecular formula is C16H27N3S. The lowest BCUT2D eigenvalue weighted by molar-refractivity contribution is 0.580. The summed E-state index contributed by atoms with van der Waals surface area (Å²) in [7, 11) is 0. The molecule has 20 heavy (non-hydrogen) atoms. The first-order valence-corrected chi connectivity index (χ1v) is 8.61. The van der Waals surface area contributed by atoms with Gasteiger partial charge < -0.3 is 10.2 Å². The maximum atomic E-state index is 4.48. The van der Waals surface area contributed by atoms with Gasteiger partial charge >= 0.3 is 0 Å². The number of nitrogens with one attached hydrogen (secondary N) is 1. The van der Waals surface area contributed by atoms with Crippen molar-refractivity contribution in [3.8, 4) is 0 Å². The fourth-order valence-corrected chi connectivity index (χ4v) is 3.66. The molecule has 1 fully saturated rings. The van der Waals surface area contributed by atoms with E-state index in [4.69, 9.17) is 0 Å². The molecule has 0 bridgehead atoms. The Balaban J connectivity index is 2.26. The first-order valence-electron chi connectivity index (χ1n) is 7.56. The van der Waals surface area contributed by atoms with E-state index in [0.29, 0.717) is 17.3 Å². The summed E-state index contributed by atoms with van der Waals surface area (Å²) in [6, 6.07) is 3.32. The van der Waals surface area contributed by atoms with Crippen LogP contribution < -0.4 is 10.2 Å². The average molecular weight is 293 g/mol. The Morgan fingerprint density at radius 2 is 2.20 bits per heavy atom. The minimum absolute atomic E-state index is 0.498. The lowest BCUT2D eigenvalue weighted by Gasteiger charge is -2.40. The monoisotopic (exact) mass is 293 g/mol. The molecule has 0 aliphatic carbocycles. The molecule has 2 heterocycles. The van der Waals surface area contributed by atoms with E-state index < -0.39 is 0 Å². The minimum Gasteiger partial charge on any atom is -0.367 e. The molecule has 1 aromatic rings. The van der Waals surface area contributed by atoms with Crippen LogP contribution in [-0.2, 0) is 6.54 Å². The lowest BCUT2D eigenvalue weighted by atomic mass is 10.1. The summed E-state index contributed by atoms with van der Waals surface area (Å²) < 4.78 is 0. The summed E-state index contributed by atoms with van der Waals surface area (Å²) in [5, 5.41) is 4.20. The summed E-state index contributed by atoms with van der Waals surface area (Å²) >= 11 is 2.08. The molecule has 4 heteroatoms. The number of aryl methyl sites for hydroxylation is 1. The zero-order valence-electron chi connectivity index (χ0n) is 13.3. The molecule has 0 radical (unpaired) electrons. The molecule has 3 nitrogen and oxygen atoms in total. The smallest absolute Gasteiger partial charge is 0.0448 e. The number of rotatable bonds is 4. The van der Waals surface area contributed by atoms with Gasteiger partial charge in [-0.2, -0.15) is 11.8 Å². The van der Waals surface area contributed by atoms with Crippen molar-refractivity contribution < 1.29 is 0 Å². The van der Waals surface area contributed by atoms with Crippen molar-refractivity contribution in [2.45, 2.75) is 58.5 Å². The molecule has 2 rings (SSSR count). The van der Waals surface area contributed by atoms with Gasteiger partial charge in [0.2, 0.25) is 0 Å². The molecule has 1 saturated heterocycles. The van der Waals surface area contributed by atoms with Crippen LogP contribution in [0.25, 0.3) is 0 Å². The third-order valence-electron chi connectivity index (χ3n) is 3.99. The lowest BCUT2D eigenvalue weighted by Crippen LogP contribution is -2.45. The molecule has 1 aromatic heterocycles. The second-order valence-electron chi connectivity index (χ2n) is 6.00. The van der Waals surface area contributed by atoms with E-state index in [-0.39, 0.29) is 0 Å². The summed E-state index contributed by atoms with van der Waals surface area (Å²) in [5.41, 5.74) is 3.78. The van der Waals surface area contributed by atoms with Crippen LogP contribution in [0.4, 0.5) is 5.69 Å². The molecule has 0 aromatic carbocycles. The first kappa shape index (κ1) is 15.6. The normalized spacial score (nSPS) is 23.4. The van der Waals surface area contributed by atoms with Crippen molar-refractivity contribution in [2.75, 3.05) is 17.2 Å². The van der Waals surface area contributed by atoms with Crippen LogP contribution in [0.1, 0.15) is 39.0 Å². The molecule has 1 aliphatic rings. The molecule has 112 valence electrons. The van der Waals surface area contributed by atoms with Crippen molar-refractivity contribution in [3.63, 3.8) is 0 Å². The highest BCUT2D eigenvalue weighted by Crippen LogP contribution is 2.31. The highest BCUT2D eigenvalue weighted by atomic mass is 32.2. The molecule has 0 amide bonds. The Hall–Kier alpha value is -0.740. The molecule has 0 saturated carbocycles. The van der Waals surface area contributed by atoms with Crippen LogP contribution in [0.3, 0.4) is 0 Å². The number of pyridine rings is 1. The summed E-state index contributed by atoms with van der Waals surface area (Å²) in [6.45, 7) is 13.1. The van der Waals surface area contributed by atoms with Crippen LogP contribution in [0, 0.1) is 6.92 Å². The van der Waals surface area contributed by atoms with Crippen LogP contribution in [0.5, 0.6) is 0 Å². The largest absolute Gasteiger partial charge is 0.367 e. The Morgan fingerprint density at radius 3 is 2.90 bits per heavy atom. The predicted molar refractivity (Wildman–Crippen MR) is 89.7 cm³/mol. The summed E-state index contributed by atoms with van der Waals surface area (Å²) in [6.07, 6.45) is 2.04. The number of aromatic nitrogens is 1. The standard InChI is InChI=1S/C16H27N3S/c1-11(2)17-9-15-10-18-12(3)8-16(15)19-6-7-20-14(5)13(19)4/h8,10-11,13-14,17H,6-7,9H2,1-5H3. The van der Waals surface area contributed by atoms with Gasteiger partial charge in [0.1, 0.15) is 0 Å². The molecule has 1 aliphatic heterocycles. The van der Waals surface area contributed by atoms with E-state index in [9.17, 15) is 0 Å². The second-order valence-corrected chi connectivity index (χ2v) is 7.49. The fourth-order valence-electron chi connectivity index (χ4n) is 2.56. The molecule has 0 spiro atoms. The summed E-state index contributed by atoms with van der Waals surface area (Å²) in [5.74, 6) is 1.21. The van der Waals surface area contributed by atoms with Crippen LogP contribution in [0.2, 0.25) is 0 Å². The van der Waals surface area contributed by atoms with E-state index in [1.165, 1.54) is 17.0 Å². The van der Waals surface area contributed by atoms with Crippen molar-refractivity contribution >= 4 is 17.4 Å². The quantitative estimate of drug-likeness (QED) is 0.922. The number of anilines is 1. The van der Waals surface area contributed by atoms with Crippen molar-refractivity contribution in [3.05, 3.63) is 23.5 Å². The zero-order chi connectivity index (χ0) is 14.7. The maximum absolute atomic E-state index is 4.48. The number of hydrogen-bond donors (Lipinski definition) is 1. The zero-order valence-corrected chi connectivity index (χ0v) is 14.1. The van der Waals surface area contributed by atoms with Crippen LogP contribution in [0.15, 0.2) is 12.3 Å². The first-order chi connectivity index (χ1) is 9.49. The van der Waals surface area contributed by atoms with Gasteiger partial charge in [-0.05, 0) is 19.9 Å². The van der Waals surface area contributed by atoms with Crippen molar-refractivity contribution in [1.82, 2.24) is 10.3 Å². The highest BCUT2D eigenvalue weighted by Gasteiger charge is 2.26. The van der Waals surface area contributed by atoms with E-state index in [1.807, 2.05) is 6.20 Å². The fraction of sp³-hybridized carbons (Fsp3) is 0.688. The van der Waals surface area contributed by atoms with E-state index in [0.717, 1.165) is 18.8 Å². The molecule has 1 N–H and O–H groups in total. The minimum atomic E-state index is 0.498. The second kappa shape index (κ2) is 6.81. The Kier molecular flexibility index (Phi) is 5.33. The Labute approximate surface area is 127 Å². The van der Waals surface area contributed by atoms with Gasteiger partial charge in [0.25, 0.3) is 0 Å². The molecular weight excluding hydrogens is 266 g/mol. The Morgan fingerprint density at radius 1 is 1.45 bits per heavy atom. The van der Waals surface area contributed by atoms with Gasteiger partial charge in [-0.1, -0.05) is 20.8 Å². The average Bonchev–Trinajstić information content (AvgIpc) is 2.40. The van der Waals surface area contributed by atoms with E-state index >= 15 is 0 Å². The van der Waals surface area contributed by atoms with Gasteiger partial charge in [0.15, 0.2) is 0 Å². The molecule has 2 unspecified atom stereocenters. The molecule has 2 atom stereocenters. The predicted octanol–water partition coefficient (Wildman–Crippen LogP) is 3.22. The van der Waals surface area contributed by atoms with Crippen molar-refractivity contribution in [2.24, 2.45) is 0 Å². The van der Waals surface area contributed by atoms with Gasteiger partial charge in [0.05, 0.1) is 0 Å². The van der Waals surface area contributed by atoms with Crippen LogP contribution in [-0.4, -0.2) is 34.6 Å². The number of hydrogen-bond acceptors (Lipinski definition) is 4. The maximum Gasteiger partial charge on any atom is 0.0448 e. The van der Waals surface area contributed by atoms with Gasteiger partial charge in [-0.25, -0.2) is 0 Å². The Bertz CT molecular complexity index is 447. The van der Waals surface area contributed by atoms with Gasteiger partial charge in [0, 0.05) is 59.3 Å². The number of thioether (sulfide) groups is 1. The highest BCUT2D eigenvalue weighted by molar-refractivity contribution is 8.00. The van der Waals surface area contributed by atoms with Crippen molar-refractivity contribution in [1.29, 1.82) is 0 Å². The van der Waals surface area contributed by atoms with Crippen LogP contribution >= 0.6 is 11.8 Å². The van der Waals surface area contributed by atoms with E-state index in [1.54, 1.807) is 0 Å². The van der Waals surface area contributed by atoms with Gasteiger partial charge in [-0.15, -0.1) is 0 Å². The third-order valence-corrected chi connectivity index (χ3v) is 5.33. The summed E-state index contributed by atoms with van der Waals surface area (Å²) in [4.78, 5) is 7.05. The topological polar surface area (TPSA) is 28.2 Å². The third kappa shape index (κ3) is 3.67. The van der Waals surface area contributed by atoms with Gasteiger partial charge in [-0.3, -0.25) is 4.98 Å². The van der Waals surface area contributed by atoms with E-state index in [2.05, 4.69) is 67.6 Å². The number of nitrogens with zero attached hydrogens (tertiary/aromatic N) is 2.